The first-order chi connectivity index (χ1) is 62.7. The molecule has 0 saturated carbocycles. The fourth-order valence-electron chi connectivity index (χ4n) is 19.9. The van der Waals surface area contributed by atoms with Crippen LogP contribution in [0.2, 0.25) is 0 Å². The molecule has 3 fully saturated rings. The number of likely N-dealkylation sites (N-methyl/N-ethyl adjacent to an activating group) is 2. The number of aromatic nitrogens is 5. The molecule has 18 rings (SSSR count). The normalized spacial score (nSPS) is 15.4. The molecule has 3 aliphatic heterocycles. The molecule has 3 atom stereocenters. The number of nitrogens with zero attached hydrogens (tertiary/aromatic N) is 10. The van der Waals surface area contributed by atoms with Crippen molar-refractivity contribution in [3.63, 3.8) is 0 Å². The second-order valence-corrected chi connectivity index (χ2v) is 36.7. The largest absolute Gasteiger partial charge is 0.340 e. The minimum Gasteiger partial charge on any atom is -0.340 e. The SMILES string of the molecule is CC(=O)c1ccc2c(c1)c1cc(C(C)=O)ccc1n2CC1CCCN1C.CC(=O)c1ccc2c(c1)c1cc(C(C)=O)ccc1n2CCC1CCCN1C.CC(=O)c1ccc2c(c1)c1cc(C(C)=O)ccc1n2CCC1CCCN1C.CC(=O)c1ccc2c(c1)c1cc(C(C)=O)ccc1n2CCCN(C)C.CCN(CC)CCn1c2ccc(C(C)=O)cc2c2cc(C(C)=O)ccc21. The van der Waals surface area contributed by atoms with Gasteiger partial charge in [-0.25, -0.2) is 0 Å². The summed E-state index contributed by atoms with van der Waals surface area (Å²) in [5.41, 5.74) is 18.3. The van der Waals surface area contributed by atoms with Crippen molar-refractivity contribution < 1.29 is 47.9 Å². The number of ketones is 10. The van der Waals surface area contributed by atoms with E-state index in [2.05, 4.69) is 133 Å². The van der Waals surface area contributed by atoms with E-state index in [1.54, 1.807) is 69.2 Å². The summed E-state index contributed by atoms with van der Waals surface area (Å²) in [4.78, 5) is 130. The Morgan fingerprint density at radius 2 is 0.466 bits per heavy atom. The molecule has 0 amide bonds. The first-order valence-electron chi connectivity index (χ1n) is 46.6. The van der Waals surface area contributed by atoms with E-state index in [4.69, 9.17) is 0 Å². The zero-order valence-corrected chi connectivity index (χ0v) is 79.5. The third kappa shape index (κ3) is 20.6. The summed E-state index contributed by atoms with van der Waals surface area (Å²) in [7, 11) is 10.8. The number of likely N-dealkylation sites (tertiary alicyclic amines) is 3. The molecule has 0 radical (unpaired) electrons. The highest BCUT2D eigenvalue weighted by molar-refractivity contribution is 6.18. The van der Waals surface area contributed by atoms with E-state index >= 15 is 0 Å². The van der Waals surface area contributed by atoms with Crippen LogP contribution in [-0.2, 0) is 32.7 Å². The Balaban J connectivity index is 0.000000132. The predicted octanol–water partition coefficient (Wildman–Crippen LogP) is 22.4. The van der Waals surface area contributed by atoms with Gasteiger partial charge in [-0.3, -0.25) is 47.9 Å². The summed E-state index contributed by atoms with van der Waals surface area (Å²) in [5, 5.41) is 10.5. The van der Waals surface area contributed by atoms with Crippen molar-refractivity contribution in [1.29, 1.82) is 0 Å². The maximum atomic E-state index is 11.9. The molecule has 131 heavy (non-hydrogen) atoms. The Labute approximate surface area is 768 Å². The summed E-state index contributed by atoms with van der Waals surface area (Å²) < 4.78 is 11.7. The fourth-order valence-corrected chi connectivity index (χ4v) is 19.9. The van der Waals surface area contributed by atoms with Crippen LogP contribution in [0.15, 0.2) is 182 Å². The van der Waals surface area contributed by atoms with Crippen LogP contribution in [-0.4, -0.2) is 204 Å². The van der Waals surface area contributed by atoms with Crippen molar-refractivity contribution >= 4 is 167 Å². The zero-order valence-electron chi connectivity index (χ0n) is 79.5. The number of carbonyl (C=O) groups excluding carboxylic acids is 10. The molecule has 8 heterocycles. The van der Waals surface area contributed by atoms with Crippen molar-refractivity contribution in [3.05, 3.63) is 238 Å². The summed E-state index contributed by atoms with van der Waals surface area (Å²) >= 11 is 0. The lowest BCUT2D eigenvalue weighted by Gasteiger charge is -2.21. The number of aryl methyl sites for hydroxylation is 3. The smallest absolute Gasteiger partial charge is 0.159 e. The predicted molar refractivity (Wildman–Crippen MR) is 534 cm³/mol. The fraction of sp³-hybridized carbons (Fsp3) is 0.369. The molecule has 3 unspecified atom stereocenters. The number of hydrogen-bond acceptors (Lipinski definition) is 15. The van der Waals surface area contributed by atoms with Gasteiger partial charge in [-0.15, -0.1) is 0 Å². The van der Waals surface area contributed by atoms with Crippen molar-refractivity contribution in [1.82, 2.24) is 47.3 Å². The lowest BCUT2D eigenvalue weighted by Crippen LogP contribution is -2.29. The number of carbonyl (C=O) groups is 10. The molecule has 0 bridgehead atoms. The lowest BCUT2D eigenvalue weighted by molar-refractivity contribution is 0.100. The van der Waals surface area contributed by atoms with Crippen LogP contribution < -0.4 is 0 Å². The number of fused-ring (bicyclic) bond motifs is 15. The van der Waals surface area contributed by atoms with Crippen LogP contribution >= 0.6 is 0 Å². The van der Waals surface area contributed by atoms with Crippen LogP contribution in [0.1, 0.15) is 244 Å². The van der Waals surface area contributed by atoms with E-state index in [0.717, 1.165) is 194 Å². The molecule has 680 valence electrons. The molecule has 15 aromatic rings. The summed E-state index contributed by atoms with van der Waals surface area (Å²) in [6, 6.07) is 60.9. The Morgan fingerprint density at radius 3 is 0.656 bits per heavy atom. The van der Waals surface area contributed by atoms with Gasteiger partial charge >= 0.3 is 0 Å². The van der Waals surface area contributed by atoms with Gasteiger partial charge in [0.1, 0.15) is 0 Å². The highest BCUT2D eigenvalue weighted by Gasteiger charge is 2.28. The van der Waals surface area contributed by atoms with Gasteiger partial charge in [0.15, 0.2) is 57.8 Å². The van der Waals surface area contributed by atoms with E-state index in [1.807, 2.05) is 146 Å². The maximum absolute atomic E-state index is 11.9. The van der Waals surface area contributed by atoms with Crippen LogP contribution in [0.5, 0.6) is 0 Å². The number of Topliss-reactive ketones (excluding diaryl/α,β-unsaturated/α-hetero) is 10. The molecular formula is C111H126N10O10. The summed E-state index contributed by atoms with van der Waals surface area (Å²) in [6.45, 7) is 32.4. The van der Waals surface area contributed by atoms with Crippen molar-refractivity contribution in [2.75, 3.05) is 81.1 Å². The van der Waals surface area contributed by atoms with Crippen LogP contribution in [0, 0.1) is 0 Å². The highest BCUT2D eigenvalue weighted by atomic mass is 16.2. The number of rotatable bonds is 27. The first-order valence-corrected chi connectivity index (χ1v) is 46.6. The third-order valence-electron chi connectivity index (χ3n) is 27.7. The quantitative estimate of drug-likeness (QED) is 0.0438. The Morgan fingerprint density at radius 1 is 0.267 bits per heavy atom. The monoisotopic (exact) mass is 1760 g/mol. The average molecular weight is 1760 g/mol. The van der Waals surface area contributed by atoms with Gasteiger partial charge in [-0.2, -0.15) is 0 Å². The van der Waals surface area contributed by atoms with E-state index in [-0.39, 0.29) is 57.8 Å². The molecule has 20 nitrogen and oxygen atoms in total. The van der Waals surface area contributed by atoms with Crippen LogP contribution in [0.4, 0.5) is 0 Å². The number of hydrogen-bond donors (Lipinski definition) is 0. The second-order valence-electron chi connectivity index (χ2n) is 36.7. The van der Waals surface area contributed by atoms with E-state index in [1.165, 1.54) is 51.6 Å². The minimum atomic E-state index is 0.0538. The molecule has 10 aromatic carbocycles. The van der Waals surface area contributed by atoms with E-state index in [9.17, 15) is 47.9 Å². The van der Waals surface area contributed by atoms with Crippen LogP contribution in [0.25, 0.3) is 109 Å². The Bertz CT molecular complexity index is 6470. The van der Waals surface area contributed by atoms with E-state index < -0.39 is 0 Å². The van der Waals surface area contributed by atoms with Gasteiger partial charge in [0.2, 0.25) is 0 Å². The van der Waals surface area contributed by atoms with Gasteiger partial charge in [0.05, 0.1) is 0 Å². The lowest BCUT2D eigenvalue weighted by atomic mass is 10.0. The maximum Gasteiger partial charge on any atom is 0.159 e. The van der Waals surface area contributed by atoms with Crippen LogP contribution in [0.3, 0.4) is 0 Å². The molecule has 0 N–H and O–H groups in total. The van der Waals surface area contributed by atoms with E-state index in [0.29, 0.717) is 73.8 Å². The van der Waals surface area contributed by atoms with Gasteiger partial charge in [0.25, 0.3) is 0 Å². The second kappa shape index (κ2) is 41.0. The first kappa shape index (κ1) is 94.8. The van der Waals surface area contributed by atoms with Gasteiger partial charge in [-0.1, -0.05) is 13.8 Å². The Hall–Kier alpha value is -12.3. The summed E-state index contributed by atoms with van der Waals surface area (Å²) in [5.74, 6) is 0.591. The van der Waals surface area contributed by atoms with Crippen molar-refractivity contribution in [3.8, 4) is 0 Å². The topological polar surface area (TPSA) is 212 Å². The van der Waals surface area contributed by atoms with Crippen molar-refractivity contribution in [2.45, 2.75) is 192 Å². The molecule has 5 aromatic heterocycles. The van der Waals surface area contributed by atoms with Crippen molar-refractivity contribution in [2.24, 2.45) is 0 Å². The average Bonchev–Trinajstić information content (AvgIpc) is 1.65. The molecule has 3 saturated heterocycles. The molecule has 0 aliphatic carbocycles. The van der Waals surface area contributed by atoms with Gasteiger partial charge < -0.3 is 47.3 Å². The third-order valence-corrected chi connectivity index (χ3v) is 27.7. The zero-order chi connectivity index (χ0) is 93.7. The number of benzene rings is 10. The highest BCUT2D eigenvalue weighted by Crippen LogP contribution is 2.39. The molecule has 20 heteroatoms. The molecular weight excluding hydrogens is 1630 g/mol. The molecule has 0 spiro atoms. The van der Waals surface area contributed by atoms with Gasteiger partial charge in [0, 0.05) is 222 Å². The summed E-state index contributed by atoms with van der Waals surface area (Å²) in [6.07, 6.45) is 10.8. The molecule has 3 aliphatic rings. The van der Waals surface area contributed by atoms with Gasteiger partial charge in [-0.05, 0) is 384 Å². The minimum absolute atomic E-state index is 0.0538. The Kier molecular flexibility index (Phi) is 29.7. The standard InChI is InChI=1S/2C23H26N2O2.C22H24N2O2.C22H26N2O2.C21H24N2O2/c2*1-15(26)17-6-8-22-20(13-17)21-14-18(16(2)27)7-9-23(21)25(22)12-10-19-5-4-11-24(19)3;1-14(25)16-6-8-21-19(11-16)20-12-17(15(2)26)7-9-22(20)24(21)13-18-5-4-10-23(18)3;1-5-23(6-2)11-12-24-21-9-7-17(15(3)25)13-19(21)20-14-18(16(4)26)8-10-22(20)24;1-14(24)16-6-8-20-18(12-16)19-13-17(15(2)25)7-9-21(19)23(20)11-5-10-22(3)4/h2*6-9,13-14,19H,4-5,10-12H2,1-3H3;6-9,11-12,18H,4-5,10,13H2,1-3H3;7-10,13-14H,5-6,11-12H2,1-4H3;6-9,12-13H,5,10-11H2,1-4H3.